The predicted octanol–water partition coefficient (Wildman–Crippen LogP) is 4.28. The molecule has 0 amide bonds. The molecule has 0 fully saturated rings. The van der Waals surface area contributed by atoms with E-state index in [1.54, 1.807) is 36.4 Å². The van der Waals surface area contributed by atoms with Crippen molar-refractivity contribution in [3.8, 4) is 0 Å². The molecule has 0 heterocycles. The Bertz CT molecular complexity index is 875. The van der Waals surface area contributed by atoms with Crippen molar-refractivity contribution in [2.24, 2.45) is 9.39 Å². The molecule has 0 atom stereocenters. The molecule has 0 saturated carbocycles. The van der Waals surface area contributed by atoms with E-state index in [9.17, 15) is 8.42 Å². The molecule has 0 N–H and O–H groups in total. The molecule has 0 aromatic heterocycles. The van der Waals surface area contributed by atoms with Crippen LogP contribution in [0.4, 0.5) is 0 Å². The molecule has 5 nitrogen and oxygen atoms in total. The summed E-state index contributed by atoms with van der Waals surface area (Å²) in [4.78, 5) is 4.49. The third kappa shape index (κ3) is 5.71. The average Bonchev–Trinajstić information content (AvgIpc) is 2.65. The topological polar surface area (TPSA) is 68.1 Å². The van der Waals surface area contributed by atoms with Gasteiger partial charge in [0.1, 0.15) is 0 Å². The van der Waals surface area contributed by atoms with Gasteiger partial charge in [0.2, 0.25) is 0 Å². The SMILES string of the molecule is CCCOC(=N/C(=N\S(=O)(=O)c1ccc(C)cc1)c1ccccc1)SC. The van der Waals surface area contributed by atoms with Crippen molar-refractivity contribution in [2.75, 3.05) is 12.9 Å². The van der Waals surface area contributed by atoms with Gasteiger partial charge in [-0.3, -0.25) is 0 Å². The average molecular weight is 391 g/mol. The van der Waals surface area contributed by atoms with Crippen LogP contribution < -0.4 is 0 Å². The van der Waals surface area contributed by atoms with Crippen LogP contribution in [0.1, 0.15) is 24.5 Å². The minimum absolute atomic E-state index is 0.103. The van der Waals surface area contributed by atoms with Crippen molar-refractivity contribution in [1.29, 1.82) is 0 Å². The Labute approximate surface area is 159 Å². The zero-order valence-corrected chi connectivity index (χ0v) is 16.7. The van der Waals surface area contributed by atoms with Crippen LogP contribution in [0.2, 0.25) is 0 Å². The third-order valence-corrected chi connectivity index (χ3v) is 5.20. The molecule has 0 bridgehead atoms. The van der Waals surface area contributed by atoms with Crippen LogP contribution in [0.5, 0.6) is 0 Å². The first-order valence-electron chi connectivity index (χ1n) is 8.19. The number of hydrogen-bond acceptors (Lipinski definition) is 4. The Morgan fingerprint density at radius 1 is 1.08 bits per heavy atom. The van der Waals surface area contributed by atoms with Gasteiger partial charge in [-0.25, -0.2) is 0 Å². The van der Waals surface area contributed by atoms with E-state index in [0.717, 1.165) is 12.0 Å². The number of thioether (sulfide) groups is 1. The molecule has 2 aromatic carbocycles. The van der Waals surface area contributed by atoms with Gasteiger partial charge < -0.3 is 4.74 Å². The van der Waals surface area contributed by atoms with E-state index in [0.29, 0.717) is 17.4 Å². The molecule has 0 aliphatic heterocycles. The number of ether oxygens (including phenoxy) is 1. The van der Waals surface area contributed by atoms with Crippen LogP contribution in [0, 0.1) is 6.92 Å². The van der Waals surface area contributed by atoms with Gasteiger partial charge >= 0.3 is 0 Å². The van der Waals surface area contributed by atoms with Crippen LogP contribution in [0.25, 0.3) is 0 Å². The van der Waals surface area contributed by atoms with Crippen molar-refractivity contribution in [3.63, 3.8) is 0 Å². The Morgan fingerprint density at radius 3 is 2.31 bits per heavy atom. The largest absolute Gasteiger partial charge is 0.473 e. The summed E-state index contributed by atoms with van der Waals surface area (Å²) in [5.41, 5.74) is 1.58. The van der Waals surface area contributed by atoms with Crippen molar-refractivity contribution >= 4 is 32.9 Å². The van der Waals surface area contributed by atoms with Gasteiger partial charge in [-0.2, -0.15) is 13.4 Å². The Hall–Kier alpha value is -2.12. The van der Waals surface area contributed by atoms with Crippen LogP contribution >= 0.6 is 11.8 Å². The second-order valence-corrected chi connectivity index (χ2v) is 7.86. The second kappa shape index (κ2) is 9.54. The monoisotopic (exact) mass is 390 g/mol. The Kier molecular flexibility index (Phi) is 7.41. The Balaban J connectivity index is 2.51. The van der Waals surface area contributed by atoms with Gasteiger partial charge in [-0.15, -0.1) is 4.40 Å². The first kappa shape index (κ1) is 20.2. The summed E-state index contributed by atoms with van der Waals surface area (Å²) in [5, 5.41) is 0.383. The smallest absolute Gasteiger partial charge is 0.284 e. The number of aryl methyl sites for hydroxylation is 1. The summed E-state index contributed by atoms with van der Waals surface area (Å²) >= 11 is 1.31. The maximum absolute atomic E-state index is 12.7. The second-order valence-electron chi connectivity index (χ2n) is 5.50. The fourth-order valence-corrected chi connectivity index (χ4v) is 3.35. The third-order valence-electron chi connectivity index (χ3n) is 3.36. The molecule has 0 aliphatic carbocycles. The molecule has 138 valence electrons. The maximum Gasteiger partial charge on any atom is 0.284 e. The van der Waals surface area contributed by atoms with Crippen molar-refractivity contribution in [3.05, 3.63) is 65.7 Å². The van der Waals surface area contributed by atoms with Crippen LogP contribution in [-0.2, 0) is 14.8 Å². The minimum atomic E-state index is -3.88. The van der Waals surface area contributed by atoms with E-state index < -0.39 is 10.0 Å². The van der Waals surface area contributed by atoms with Crippen molar-refractivity contribution in [1.82, 2.24) is 0 Å². The number of benzene rings is 2. The highest BCUT2D eigenvalue weighted by atomic mass is 32.2. The number of hydrogen-bond donors (Lipinski definition) is 0. The lowest BCUT2D eigenvalue weighted by Gasteiger charge is -2.08. The normalized spacial score (nSPS) is 12.9. The highest BCUT2D eigenvalue weighted by Crippen LogP contribution is 2.16. The summed E-state index contributed by atoms with van der Waals surface area (Å²) in [6.45, 7) is 4.40. The number of sulfonamides is 1. The van der Waals surface area contributed by atoms with Crippen LogP contribution in [0.15, 0.2) is 68.9 Å². The molecule has 0 aliphatic rings. The lowest BCUT2D eigenvalue weighted by atomic mass is 10.2. The molecule has 0 saturated heterocycles. The number of rotatable bonds is 5. The van der Waals surface area contributed by atoms with E-state index in [-0.39, 0.29) is 10.7 Å². The number of nitrogens with zero attached hydrogens (tertiary/aromatic N) is 2. The van der Waals surface area contributed by atoms with Gasteiger partial charge in [-0.1, -0.05) is 66.7 Å². The zero-order chi connectivity index (χ0) is 19.0. The molecular weight excluding hydrogens is 368 g/mol. The molecule has 0 radical (unpaired) electrons. The quantitative estimate of drug-likeness (QED) is 0.565. The van der Waals surface area contributed by atoms with Gasteiger partial charge in [0.25, 0.3) is 15.3 Å². The molecule has 2 rings (SSSR count). The van der Waals surface area contributed by atoms with E-state index in [2.05, 4.69) is 9.39 Å². The highest BCUT2D eigenvalue weighted by Gasteiger charge is 2.16. The molecule has 0 unspecified atom stereocenters. The standard InChI is InChI=1S/C19H22N2O3S2/c1-4-14-24-19(25-3)20-18(16-8-6-5-7-9-16)21-26(22,23)17-12-10-15(2)11-13-17/h5-13H,4,14H2,1-3H3/b20-19?,21-18-. The first-order valence-corrected chi connectivity index (χ1v) is 10.8. The molecule has 0 spiro atoms. The summed E-state index contributed by atoms with van der Waals surface area (Å²) in [5.74, 6) is 0.103. The minimum Gasteiger partial charge on any atom is -0.473 e. The van der Waals surface area contributed by atoms with Gasteiger partial charge in [-0.05, 0) is 31.7 Å². The van der Waals surface area contributed by atoms with E-state index >= 15 is 0 Å². The number of aliphatic imine (C=N–C) groups is 1. The lowest BCUT2D eigenvalue weighted by Crippen LogP contribution is -2.09. The molecule has 2 aromatic rings. The Morgan fingerprint density at radius 2 is 1.73 bits per heavy atom. The maximum atomic E-state index is 12.7. The van der Waals surface area contributed by atoms with E-state index in [1.807, 2.05) is 38.3 Å². The van der Waals surface area contributed by atoms with E-state index in [1.165, 1.54) is 11.8 Å². The summed E-state index contributed by atoms with van der Waals surface area (Å²) in [7, 11) is -3.88. The van der Waals surface area contributed by atoms with Crippen molar-refractivity contribution in [2.45, 2.75) is 25.2 Å². The molecule has 7 heteroatoms. The van der Waals surface area contributed by atoms with Crippen LogP contribution in [0.3, 0.4) is 0 Å². The first-order chi connectivity index (χ1) is 12.5. The fourth-order valence-electron chi connectivity index (χ4n) is 2.01. The zero-order valence-electron chi connectivity index (χ0n) is 15.0. The van der Waals surface area contributed by atoms with Crippen molar-refractivity contribution < 1.29 is 13.2 Å². The lowest BCUT2D eigenvalue weighted by molar-refractivity contribution is 0.315. The summed E-state index contributed by atoms with van der Waals surface area (Å²) in [6.07, 6.45) is 2.66. The predicted molar refractivity (Wildman–Crippen MR) is 109 cm³/mol. The van der Waals surface area contributed by atoms with E-state index in [4.69, 9.17) is 4.74 Å². The van der Waals surface area contributed by atoms with Gasteiger partial charge in [0, 0.05) is 5.56 Å². The van der Waals surface area contributed by atoms with Gasteiger partial charge in [0.15, 0.2) is 5.84 Å². The molecule has 26 heavy (non-hydrogen) atoms. The summed E-state index contributed by atoms with van der Waals surface area (Å²) < 4.78 is 35.0. The van der Waals surface area contributed by atoms with Crippen LogP contribution in [-0.4, -0.2) is 32.3 Å². The van der Waals surface area contributed by atoms with Gasteiger partial charge in [0.05, 0.1) is 11.5 Å². The summed E-state index contributed by atoms with van der Waals surface area (Å²) in [6, 6.07) is 15.6. The fraction of sp³-hybridized carbons (Fsp3) is 0.263. The molecular formula is C19H22N2O3S2. The number of amidine groups is 1. The highest BCUT2D eigenvalue weighted by molar-refractivity contribution is 8.13.